The number of rotatable bonds is 1. The Hall–Kier alpha value is -1.49. The van der Waals surface area contributed by atoms with Crippen LogP contribution in [0.4, 0.5) is 0 Å². The van der Waals surface area contributed by atoms with Crippen molar-refractivity contribution in [2.75, 3.05) is 6.54 Å². The Bertz CT molecular complexity index is 978. The van der Waals surface area contributed by atoms with Gasteiger partial charge in [-0.2, -0.15) is 0 Å². The average molecular weight is 438 g/mol. The number of aromatic nitrogens is 1. The molecule has 25 heavy (non-hydrogen) atoms. The van der Waals surface area contributed by atoms with Crippen LogP contribution in [-0.2, 0) is 11.2 Å². The van der Waals surface area contributed by atoms with E-state index < -0.39 is 0 Å². The monoisotopic (exact) mass is 436 g/mol. The van der Waals surface area contributed by atoms with E-state index in [1.54, 1.807) is 13.0 Å². The van der Waals surface area contributed by atoms with E-state index in [2.05, 4.69) is 33.0 Å². The van der Waals surface area contributed by atoms with Crippen molar-refractivity contribution in [3.63, 3.8) is 0 Å². The van der Waals surface area contributed by atoms with E-state index in [-0.39, 0.29) is 11.9 Å². The quantitative estimate of drug-likeness (QED) is 0.518. The molecule has 4 rings (SSSR count). The Morgan fingerprint density at radius 2 is 1.92 bits per heavy atom. The van der Waals surface area contributed by atoms with Gasteiger partial charge >= 0.3 is 0 Å². The number of hydrogen-bond acceptors (Lipinski definition) is 1. The molecule has 1 aliphatic rings. The Balaban J connectivity index is 1.96. The molecule has 1 unspecified atom stereocenters. The topological polar surface area (TPSA) is 36.1 Å². The zero-order valence-electron chi connectivity index (χ0n) is 13.4. The van der Waals surface area contributed by atoms with E-state index in [0.717, 1.165) is 27.7 Å². The lowest BCUT2D eigenvalue weighted by atomic mass is 9.92. The first-order chi connectivity index (χ1) is 11.9. The van der Waals surface area contributed by atoms with Crippen LogP contribution < -0.4 is 0 Å². The number of H-pyrrole nitrogens is 1. The van der Waals surface area contributed by atoms with Crippen molar-refractivity contribution >= 4 is 55.9 Å². The molecule has 0 aliphatic carbocycles. The number of nitrogens with one attached hydrogen (secondary N) is 1. The predicted octanol–water partition coefficient (Wildman–Crippen LogP) is 5.73. The summed E-state index contributed by atoms with van der Waals surface area (Å²) >= 11 is 16.0. The maximum Gasteiger partial charge on any atom is 0.220 e. The molecule has 6 heteroatoms. The van der Waals surface area contributed by atoms with Crippen LogP contribution in [0, 0.1) is 0 Å². The van der Waals surface area contributed by atoms with Crippen LogP contribution in [0.2, 0.25) is 10.0 Å². The molecule has 0 saturated heterocycles. The molecule has 0 radical (unpaired) electrons. The maximum atomic E-state index is 12.3. The van der Waals surface area contributed by atoms with Gasteiger partial charge in [-0.1, -0.05) is 39.1 Å². The van der Waals surface area contributed by atoms with E-state index in [1.165, 1.54) is 10.9 Å². The minimum Gasteiger partial charge on any atom is -0.356 e. The number of amides is 1. The second-order valence-corrected chi connectivity index (χ2v) is 8.06. The first-order valence-corrected chi connectivity index (χ1v) is 9.52. The summed E-state index contributed by atoms with van der Waals surface area (Å²) in [5, 5.41) is 2.32. The molecule has 2 heterocycles. The molecule has 3 aromatic rings. The van der Waals surface area contributed by atoms with Gasteiger partial charge in [0, 0.05) is 44.6 Å². The molecule has 0 spiro atoms. The highest BCUT2D eigenvalue weighted by Crippen LogP contribution is 2.40. The third-order valence-electron chi connectivity index (χ3n) is 4.69. The standard InChI is InChI=1S/C19H15BrCl2N2O/c1-10(25)24-5-4-15-16-8-12(20)2-3-17(16)23-18(15)19(24)11-6-13(21)9-14(22)7-11/h2-3,6-9,19,23H,4-5H2,1H3. The predicted molar refractivity (Wildman–Crippen MR) is 105 cm³/mol. The van der Waals surface area contributed by atoms with Crippen molar-refractivity contribution < 1.29 is 4.79 Å². The third kappa shape index (κ3) is 2.97. The van der Waals surface area contributed by atoms with Gasteiger partial charge in [0.2, 0.25) is 5.91 Å². The van der Waals surface area contributed by atoms with E-state index >= 15 is 0 Å². The number of nitrogens with zero attached hydrogens (tertiary/aromatic N) is 1. The lowest BCUT2D eigenvalue weighted by molar-refractivity contribution is -0.130. The van der Waals surface area contributed by atoms with Crippen LogP contribution in [-0.4, -0.2) is 22.3 Å². The number of hydrogen-bond donors (Lipinski definition) is 1. The van der Waals surface area contributed by atoms with E-state index in [0.29, 0.717) is 16.6 Å². The zero-order valence-corrected chi connectivity index (χ0v) is 16.5. The number of carbonyl (C=O) groups excluding carboxylic acids is 1. The minimum absolute atomic E-state index is 0.0339. The number of fused-ring (bicyclic) bond motifs is 3. The lowest BCUT2D eigenvalue weighted by Crippen LogP contribution is -2.39. The van der Waals surface area contributed by atoms with Crippen molar-refractivity contribution in [1.29, 1.82) is 0 Å². The summed E-state index contributed by atoms with van der Waals surface area (Å²) in [4.78, 5) is 17.7. The molecule has 1 atom stereocenters. The number of carbonyl (C=O) groups is 1. The van der Waals surface area contributed by atoms with Gasteiger partial charge in [-0.15, -0.1) is 0 Å². The molecule has 3 nitrogen and oxygen atoms in total. The van der Waals surface area contributed by atoms with Gasteiger partial charge in [0.15, 0.2) is 0 Å². The van der Waals surface area contributed by atoms with Crippen molar-refractivity contribution in [2.45, 2.75) is 19.4 Å². The van der Waals surface area contributed by atoms with Crippen molar-refractivity contribution in [3.8, 4) is 0 Å². The van der Waals surface area contributed by atoms with Crippen LogP contribution in [0.1, 0.15) is 29.8 Å². The van der Waals surface area contributed by atoms with Crippen LogP contribution >= 0.6 is 39.1 Å². The SMILES string of the molecule is CC(=O)N1CCc2c([nH]c3ccc(Br)cc23)C1c1cc(Cl)cc(Cl)c1. The average Bonchev–Trinajstić information content (AvgIpc) is 2.90. The summed E-state index contributed by atoms with van der Waals surface area (Å²) in [7, 11) is 0. The molecule has 1 N–H and O–H groups in total. The summed E-state index contributed by atoms with van der Waals surface area (Å²) < 4.78 is 1.04. The van der Waals surface area contributed by atoms with Gasteiger partial charge in [-0.25, -0.2) is 0 Å². The van der Waals surface area contributed by atoms with Gasteiger partial charge < -0.3 is 9.88 Å². The van der Waals surface area contributed by atoms with E-state index in [1.807, 2.05) is 23.1 Å². The van der Waals surface area contributed by atoms with Crippen LogP contribution in [0.5, 0.6) is 0 Å². The fourth-order valence-electron chi connectivity index (χ4n) is 3.68. The van der Waals surface area contributed by atoms with Crippen molar-refractivity contribution in [1.82, 2.24) is 9.88 Å². The van der Waals surface area contributed by atoms with Gasteiger partial charge in [-0.05, 0) is 53.9 Å². The van der Waals surface area contributed by atoms with Crippen LogP contribution in [0.3, 0.4) is 0 Å². The van der Waals surface area contributed by atoms with Gasteiger partial charge in [-0.3, -0.25) is 4.79 Å². The lowest BCUT2D eigenvalue weighted by Gasteiger charge is -2.35. The van der Waals surface area contributed by atoms with Crippen molar-refractivity contribution in [3.05, 3.63) is 67.7 Å². The highest BCUT2D eigenvalue weighted by atomic mass is 79.9. The fourth-order valence-corrected chi connectivity index (χ4v) is 4.58. The summed E-state index contributed by atoms with van der Waals surface area (Å²) in [6, 6.07) is 11.4. The molecule has 0 saturated carbocycles. The second-order valence-electron chi connectivity index (χ2n) is 6.27. The smallest absolute Gasteiger partial charge is 0.220 e. The van der Waals surface area contributed by atoms with E-state index in [9.17, 15) is 4.79 Å². The summed E-state index contributed by atoms with van der Waals surface area (Å²) in [5.41, 5.74) is 4.26. The third-order valence-corrected chi connectivity index (χ3v) is 5.62. The number of halogens is 3. The molecular formula is C19H15BrCl2N2O. The maximum absolute atomic E-state index is 12.3. The zero-order chi connectivity index (χ0) is 17.7. The molecule has 0 bridgehead atoms. The summed E-state index contributed by atoms with van der Waals surface area (Å²) in [5.74, 6) is 0.0339. The normalized spacial score (nSPS) is 17.0. The molecule has 1 aliphatic heterocycles. The highest BCUT2D eigenvalue weighted by molar-refractivity contribution is 9.10. The first kappa shape index (κ1) is 17.0. The Kier molecular flexibility index (Phi) is 4.30. The number of aromatic amines is 1. The molecular weight excluding hydrogens is 423 g/mol. The van der Waals surface area contributed by atoms with Crippen LogP contribution in [0.25, 0.3) is 10.9 Å². The Morgan fingerprint density at radius 1 is 1.20 bits per heavy atom. The molecule has 1 aromatic heterocycles. The fraction of sp³-hybridized carbons (Fsp3) is 0.211. The summed E-state index contributed by atoms with van der Waals surface area (Å²) in [6.45, 7) is 2.26. The van der Waals surface area contributed by atoms with Gasteiger partial charge in [0.05, 0.1) is 6.04 Å². The summed E-state index contributed by atoms with van der Waals surface area (Å²) in [6.07, 6.45) is 0.816. The number of benzene rings is 2. The van der Waals surface area contributed by atoms with Crippen LogP contribution in [0.15, 0.2) is 40.9 Å². The minimum atomic E-state index is -0.219. The molecule has 2 aromatic carbocycles. The second kappa shape index (κ2) is 6.35. The Morgan fingerprint density at radius 3 is 2.60 bits per heavy atom. The first-order valence-electron chi connectivity index (χ1n) is 7.97. The Labute approximate surface area is 164 Å². The molecule has 1 amide bonds. The molecule has 128 valence electrons. The molecule has 0 fully saturated rings. The largest absolute Gasteiger partial charge is 0.356 e. The van der Waals surface area contributed by atoms with Crippen molar-refractivity contribution in [2.24, 2.45) is 0 Å². The van der Waals surface area contributed by atoms with Gasteiger partial charge in [0.25, 0.3) is 0 Å². The van der Waals surface area contributed by atoms with Gasteiger partial charge in [0.1, 0.15) is 0 Å². The highest BCUT2D eigenvalue weighted by Gasteiger charge is 2.33. The van der Waals surface area contributed by atoms with E-state index in [4.69, 9.17) is 23.2 Å².